The Bertz CT molecular complexity index is 1340. The molecule has 4 heteroatoms. The second kappa shape index (κ2) is 11.0. The van der Waals surface area contributed by atoms with Gasteiger partial charge < -0.3 is 14.7 Å². The van der Waals surface area contributed by atoms with Crippen molar-refractivity contribution in [3.63, 3.8) is 0 Å². The van der Waals surface area contributed by atoms with Gasteiger partial charge in [0, 0.05) is 64.9 Å². The van der Waals surface area contributed by atoms with Gasteiger partial charge in [-0.1, -0.05) is 46.0 Å². The van der Waals surface area contributed by atoms with Crippen LogP contribution in [0.15, 0.2) is 76.9 Å². The van der Waals surface area contributed by atoms with Crippen LogP contribution < -0.4 is 30.3 Å². The third-order valence-electron chi connectivity index (χ3n) is 9.53. The summed E-state index contributed by atoms with van der Waals surface area (Å²) in [6.45, 7) is 16.5. The molecule has 0 radical (unpaired) electrons. The Morgan fingerprint density at radius 1 is 0.450 bits per heavy atom. The molecule has 0 saturated carbocycles. The zero-order valence-electron chi connectivity index (χ0n) is 27.1. The predicted molar refractivity (Wildman–Crippen MR) is 182 cm³/mol. The Kier molecular flexibility index (Phi) is 8.15. The van der Waals surface area contributed by atoms with E-state index in [-0.39, 0.29) is 0 Å². The number of aryl methyl sites for hydroxylation is 3. The molecule has 0 N–H and O–H groups in total. The standard InChI is InChI=1S/C36H49N3Si/c1-23-14-17-30(37(8)9)20-33(23)40(36-28(6)26(4)27(5)29(36)7,34-21-31(38(10)11)18-15-24(34)2)35-22-32(39(12)13)19-16-25(35)3/h14-22,36H,1-13H3. The molecule has 0 saturated heterocycles. The summed E-state index contributed by atoms with van der Waals surface area (Å²) in [5.41, 5.74) is 14.2. The van der Waals surface area contributed by atoms with Gasteiger partial charge in [-0.25, -0.2) is 0 Å². The van der Waals surface area contributed by atoms with Crippen LogP contribution in [0, 0.1) is 20.8 Å². The fraction of sp³-hybridized carbons (Fsp3) is 0.389. The predicted octanol–water partition coefficient (Wildman–Crippen LogP) is 6.34. The second-order valence-electron chi connectivity index (χ2n) is 12.5. The van der Waals surface area contributed by atoms with E-state index in [1.54, 1.807) is 0 Å². The van der Waals surface area contributed by atoms with E-state index in [4.69, 9.17) is 0 Å². The molecule has 0 bridgehead atoms. The van der Waals surface area contributed by atoms with E-state index >= 15 is 0 Å². The molecular weight excluding hydrogens is 503 g/mol. The van der Waals surface area contributed by atoms with Crippen LogP contribution in [0.3, 0.4) is 0 Å². The average Bonchev–Trinajstić information content (AvgIpc) is 3.09. The van der Waals surface area contributed by atoms with E-state index in [1.807, 2.05) is 0 Å². The fourth-order valence-electron chi connectivity index (χ4n) is 6.84. The van der Waals surface area contributed by atoms with Crippen LogP contribution in [0.2, 0.25) is 5.54 Å². The quantitative estimate of drug-likeness (QED) is 0.251. The summed E-state index contributed by atoms with van der Waals surface area (Å²) in [6, 6.07) is 21.5. The van der Waals surface area contributed by atoms with Crippen LogP contribution in [-0.4, -0.2) is 50.4 Å². The summed E-state index contributed by atoms with van der Waals surface area (Å²) in [4.78, 5) is 6.76. The number of rotatable bonds is 7. The molecule has 0 atom stereocenters. The van der Waals surface area contributed by atoms with Crippen LogP contribution in [0.5, 0.6) is 0 Å². The van der Waals surface area contributed by atoms with Crippen molar-refractivity contribution >= 4 is 40.7 Å². The Labute approximate surface area is 244 Å². The maximum Gasteiger partial charge on any atom is 0.160 e. The van der Waals surface area contributed by atoms with Gasteiger partial charge in [0.25, 0.3) is 0 Å². The van der Waals surface area contributed by atoms with Gasteiger partial charge in [-0.15, -0.1) is 0 Å². The monoisotopic (exact) mass is 551 g/mol. The number of allylic oxidation sites excluding steroid dienone is 4. The van der Waals surface area contributed by atoms with Crippen molar-refractivity contribution < 1.29 is 0 Å². The molecule has 212 valence electrons. The van der Waals surface area contributed by atoms with Crippen LogP contribution >= 0.6 is 0 Å². The van der Waals surface area contributed by atoms with Crippen molar-refractivity contribution in [3.8, 4) is 0 Å². The summed E-state index contributed by atoms with van der Waals surface area (Å²) in [6.07, 6.45) is 0. The molecule has 0 amide bonds. The smallest absolute Gasteiger partial charge is 0.160 e. The molecule has 3 aromatic rings. The molecular formula is C36H49N3Si. The Morgan fingerprint density at radius 3 is 0.975 bits per heavy atom. The van der Waals surface area contributed by atoms with Crippen molar-refractivity contribution in [2.75, 3.05) is 57.0 Å². The lowest BCUT2D eigenvalue weighted by molar-refractivity contribution is 1.08. The van der Waals surface area contributed by atoms with Crippen molar-refractivity contribution in [2.45, 2.75) is 54.0 Å². The van der Waals surface area contributed by atoms with Gasteiger partial charge in [0.15, 0.2) is 8.07 Å². The molecule has 3 aromatic carbocycles. The molecule has 3 nitrogen and oxygen atoms in total. The molecule has 1 aliphatic rings. The minimum absolute atomic E-state index is 0.329. The van der Waals surface area contributed by atoms with E-state index < -0.39 is 8.07 Å². The maximum atomic E-state index is 2.52. The third-order valence-corrected chi connectivity index (χ3v) is 15.4. The first kappa shape index (κ1) is 29.7. The lowest BCUT2D eigenvalue weighted by Crippen LogP contribution is -2.72. The first-order valence-electron chi connectivity index (χ1n) is 14.4. The van der Waals surface area contributed by atoms with Crippen molar-refractivity contribution in [3.05, 3.63) is 93.6 Å². The number of nitrogens with zero attached hydrogens (tertiary/aromatic N) is 3. The van der Waals surface area contributed by atoms with Gasteiger partial charge in [-0.2, -0.15) is 0 Å². The number of hydrogen-bond acceptors (Lipinski definition) is 3. The highest BCUT2D eigenvalue weighted by Crippen LogP contribution is 2.47. The largest absolute Gasteiger partial charge is 0.378 e. The summed E-state index contributed by atoms with van der Waals surface area (Å²) < 4.78 is 0. The second-order valence-corrected chi connectivity index (χ2v) is 16.3. The van der Waals surface area contributed by atoms with Crippen LogP contribution in [0.1, 0.15) is 44.4 Å². The highest BCUT2D eigenvalue weighted by atomic mass is 28.3. The molecule has 40 heavy (non-hydrogen) atoms. The molecule has 1 aliphatic carbocycles. The minimum Gasteiger partial charge on any atom is -0.378 e. The molecule has 4 rings (SSSR count). The highest BCUT2D eigenvalue weighted by Gasteiger charge is 2.52. The minimum atomic E-state index is -2.76. The molecule has 0 unspecified atom stereocenters. The van der Waals surface area contributed by atoms with Gasteiger partial charge in [0.2, 0.25) is 0 Å². The van der Waals surface area contributed by atoms with Crippen LogP contribution in [0.25, 0.3) is 0 Å². The lowest BCUT2D eigenvalue weighted by Gasteiger charge is -2.44. The first-order chi connectivity index (χ1) is 18.7. The normalized spacial score (nSPS) is 14.3. The zero-order chi connectivity index (χ0) is 29.7. The van der Waals surface area contributed by atoms with E-state index in [0.29, 0.717) is 5.54 Å². The number of benzene rings is 3. The van der Waals surface area contributed by atoms with Crippen molar-refractivity contribution in [1.82, 2.24) is 0 Å². The number of hydrogen-bond donors (Lipinski definition) is 0. The Balaban J connectivity index is 2.35. The first-order valence-corrected chi connectivity index (χ1v) is 16.5. The van der Waals surface area contributed by atoms with E-state index in [2.05, 4.69) is 160 Å². The average molecular weight is 552 g/mol. The zero-order valence-corrected chi connectivity index (χ0v) is 28.1. The fourth-order valence-corrected chi connectivity index (χ4v) is 13.6. The summed E-state index contributed by atoms with van der Waals surface area (Å²) in [5.74, 6) is 0. The van der Waals surface area contributed by atoms with Crippen molar-refractivity contribution in [2.24, 2.45) is 0 Å². The van der Waals surface area contributed by atoms with Crippen LogP contribution in [0.4, 0.5) is 17.1 Å². The molecule has 0 aromatic heterocycles. The summed E-state index contributed by atoms with van der Waals surface area (Å²) in [5, 5.41) is 4.55. The van der Waals surface area contributed by atoms with Gasteiger partial charge in [-0.05, 0) is 112 Å². The highest BCUT2D eigenvalue weighted by molar-refractivity contribution is 7.14. The van der Waals surface area contributed by atoms with Crippen LogP contribution in [-0.2, 0) is 0 Å². The van der Waals surface area contributed by atoms with E-state index in [1.165, 1.54) is 71.6 Å². The van der Waals surface area contributed by atoms with E-state index in [0.717, 1.165) is 0 Å². The van der Waals surface area contributed by atoms with Crippen molar-refractivity contribution in [1.29, 1.82) is 0 Å². The van der Waals surface area contributed by atoms with Gasteiger partial charge in [0.1, 0.15) is 0 Å². The summed E-state index contributed by atoms with van der Waals surface area (Å²) in [7, 11) is 10.2. The summed E-state index contributed by atoms with van der Waals surface area (Å²) >= 11 is 0. The van der Waals surface area contributed by atoms with Gasteiger partial charge in [0.05, 0.1) is 0 Å². The topological polar surface area (TPSA) is 9.72 Å². The molecule has 0 heterocycles. The molecule has 0 aliphatic heterocycles. The lowest BCUT2D eigenvalue weighted by atomic mass is 10.1. The Hall–Kier alpha value is -3.24. The maximum absolute atomic E-state index is 2.76. The SMILES string of the molecule is CC1=C(C)C([Si](c2cc(N(C)C)ccc2C)(c2cc(N(C)C)ccc2C)c2cc(N(C)C)ccc2C)C(C)=C1C. The number of anilines is 3. The molecule has 0 fully saturated rings. The molecule has 0 spiro atoms. The Morgan fingerprint density at radius 2 is 0.725 bits per heavy atom. The van der Waals surface area contributed by atoms with Gasteiger partial charge >= 0.3 is 0 Å². The van der Waals surface area contributed by atoms with E-state index in [9.17, 15) is 0 Å². The van der Waals surface area contributed by atoms with Gasteiger partial charge in [-0.3, -0.25) is 0 Å². The third kappa shape index (κ3) is 4.70.